The van der Waals surface area contributed by atoms with Gasteiger partial charge in [-0.25, -0.2) is 9.69 Å². The van der Waals surface area contributed by atoms with Gasteiger partial charge in [-0.1, -0.05) is 0 Å². The number of imide groups is 1. The Kier molecular flexibility index (Phi) is 5.81. The first-order valence-electron chi connectivity index (χ1n) is 10.0. The number of benzene rings is 2. The number of ketones is 1. The molecule has 8 nitrogen and oxygen atoms in total. The summed E-state index contributed by atoms with van der Waals surface area (Å²) >= 11 is 0. The van der Waals surface area contributed by atoms with E-state index in [1.54, 1.807) is 24.3 Å². The zero-order valence-electron chi connectivity index (χ0n) is 17.0. The molecule has 1 N–H and O–H groups in total. The summed E-state index contributed by atoms with van der Waals surface area (Å²) < 4.78 is 10.1. The number of carbonyl (C=O) groups excluding carboxylic acids is 4. The maximum Gasteiger partial charge on any atom is 0.338 e. The van der Waals surface area contributed by atoms with Crippen molar-refractivity contribution in [1.29, 1.82) is 0 Å². The fraction of sp³-hybridized carbons (Fsp3) is 0.304. The van der Waals surface area contributed by atoms with Gasteiger partial charge >= 0.3 is 5.97 Å². The molecule has 0 radical (unpaired) electrons. The second-order valence-electron chi connectivity index (χ2n) is 7.54. The molecule has 1 aliphatic carbocycles. The van der Waals surface area contributed by atoms with Crippen molar-refractivity contribution in [3.63, 3.8) is 0 Å². The first kappa shape index (κ1) is 20.7. The van der Waals surface area contributed by atoms with Crippen LogP contribution in [-0.4, -0.2) is 49.4 Å². The lowest BCUT2D eigenvalue weighted by molar-refractivity contribution is -0.121. The Morgan fingerprint density at radius 1 is 1.00 bits per heavy atom. The first-order valence-corrected chi connectivity index (χ1v) is 10.0. The predicted molar refractivity (Wildman–Crippen MR) is 111 cm³/mol. The molecule has 0 bridgehead atoms. The Morgan fingerprint density at radius 3 is 2.26 bits per heavy atom. The number of carbonyl (C=O) groups is 4. The third-order valence-electron chi connectivity index (χ3n) is 5.27. The third-order valence-corrected chi connectivity index (χ3v) is 5.27. The van der Waals surface area contributed by atoms with Crippen LogP contribution in [0.25, 0.3) is 0 Å². The summed E-state index contributed by atoms with van der Waals surface area (Å²) in [5.74, 6) is -0.935. The molecule has 2 aliphatic rings. The average Bonchev–Trinajstić information content (AvgIpc) is 3.56. The fourth-order valence-electron chi connectivity index (χ4n) is 3.39. The van der Waals surface area contributed by atoms with Gasteiger partial charge in [0.25, 0.3) is 5.91 Å². The van der Waals surface area contributed by atoms with Crippen LogP contribution in [0.2, 0.25) is 0 Å². The van der Waals surface area contributed by atoms with E-state index in [2.05, 4.69) is 5.32 Å². The number of rotatable bonds is 8. The standard InChI is InChI=1S/C23H22N2O6/c1-30-18-10-4-14(5-11-18)20(26)13-31-23(29)15-2-8-17(9-3-15)25-21(27)12-19(22(25)28)24-16-6-7-16/h2-5,8-11,16,19,24H,6-7,12-13H2,1H3. The summed E-state index contributed by atoms with van der Waals surface area (Å²) in [6, 6.07) is 12.3. The molecule has 1 heterocycles. The van der Waals surface area contributed by atoms with Gasteiger partial charge in [-0.15, -0.1) is 0 Å². The Morgan fingerprint density at radius 2 is 1.65 bits per heavy atom. The number of amides is 2. The van der Waals surface area contributed by atoms with Gasteiger partial charge in [0.05, 0.1) is 30.8 Å². The number of methoxy groups -OCH3 is 1. The summed E-state index contributed by atoms with van der Waals surface area (Å²) in [5, 5.41) is 3.18. The number of nitrogens with zero attached hydrogens (tertiary/aromatic N) is 1. The molecular formula is C23H22N2O6. The monoisotopic (exact) mass is 422 g/mol. The van der Waals surface area contributed by atoms with Crippen molar-refractivity contribution in [1.82, 2.24) is 5.32 Å². The number of nitrogens with one attached hydrogen (secondary N) is 1. The van der Waals surface area contributed by atoms with Gasteiger partial charge in [0, 0.05) is 11.6 Å². The summed E-state index contributed by atoms with van der Waals surface area (Å²) in [5.41, 5.74) is 1.03. The van der Waals surface area contributed by atoms with Crippen LogP contribution in [0.15, 0.2) is 48.5 Å². The van der Waals surface area contributed by atoms with Crippen LogP contribution in [0.4, 0.5) is 5.69 Å². The van der Waals surface area contributed by atoms with Gasteiger partial charge in [0.1, 0.15) is 5.75 Å². The number of anilines is 1. The van der Waals surface area contributed by atoms with E-state index in [1.165, 1.54) is 31.4 Å². The van der Waals surface area contributed by atoms with Crippen molar-refractivity contribution in [2.24, 2.45) is 0 Å². The van der Waals surface area contributed by atoms with E-state index in [9.17, 15) is 19.2 Å². The molecule has 1 saturated carbocycles. The zero-order chi connectivity index (χ0) is 22.0. The normalized spacial score (nSPS) is 18.2. The average molecular weight is 422 g/mol. The van der Waals surface area contributed by atoms with Crippen LogP contribution >= 0.6 is 0 Å². The second kappa shape index (κ2) is 8.69. The van der Waals surface area contributed by atoms with Crippen molar-refractivity contribution in [3.05, 3.63) is 59.7 Å². The van der Waals surface area contributed by atoms with Gasteiger partial charge in [0.15, 0.2) is 12.4 Å². The number of ether oxygens (including phenoxy) is 2. The van der Waals surface area contributed by atoms with Crippen LogP contribution < -0.4 is 15.0 Å². The Balaban J connectivity index is 1.35. The van der Waals surface area contributed by atoms with Crippen molar-refractivity contribution in [2.75, 3.05) is 18.6 Å². The highest BCUT2D eigenvalue weighted by molar-refractivity contribution is 6.22. The van der Waals surface area contributed by atoms with E-state index < -0.39 is 18.6 Å². The Hall–Kier alpha value is -3.52. The van der Waals surface area contributed by atoms with Crippen LogP contribution in [0, 0.1) is 0 Å². The minimum absolute atomic E-state index is 0.132. The van der Waals surface area contributed by atoms with E-state index in [1.807, 2.05) is 0 Å². The summed E-state index contributed by atoms with van der Waals surface area (Å²) in [6.07, 6.45) is 2.18. The van der Waals surface area contributed by atoms with E-state index in [-0.39, 0.29) is 29.6 Å². The molecule has 1 atom stereocenters. The number of esters is 1. The van der Waals surface area contributed by atoms with Gasteiger partial charge < -0.3 is 14.8 Å². The van der Waals surface area contributed by atoms with Gasteiger partial charge in [-0.2, -0.15) is 0 Å². The highest BCUT2D eigenvalue weighted by Crippen LogP contribution is 2.27. The van der Waals surface area contributed by atoms with Gasteiger partial charge in [0.2, 0.25) is 5.91 Å². The molecule has 1 aliphatic heterocycles. The predicted octanol–water partition coefficient (Wildman–Crippen LogP) is 2.12. The summed E-state index contributed by atoms with van der Waals surface area (Å²) in [6.45, 7) is -0.398. The molecule has 8 heteroatoms. The lowest BCUT2D eigenvalue weighted by Gasteiger charge is -2.15. The molecule has 160 valence electrons. The van der Waals surface area contributed by atoms with Crippen LogP contribution in [0.3, 0.4) is 0 Å². The quantitative estimate of drug-likeness (QED) is 0.395. The third kappa shape index (κ3) is 4.64. The molecule has 31 heavy (non-hydrogen) atoms. The van der Waals surface area contributed by atoms with Crippen molar-refractivity contribution in [3.8, 4) is 5.75 Å². The molecule has 0 aromatic heterocycles. The van der Waals surface area contributed by atoms with E-state index in [0.29, 0.717) is 23.0 Å². The number of Topliss-reactive ketones (excluding diaryl/α,β-unsaturated/α-hetero) is 1. The molecule has 2 aromatic rings. The van der Waals surface area contributed by atoms with Crippen LogP contribution in [0.5, 0.6) is 5.75 Å². The maximum absolute atomic E-state index is 12.6. The molecule has 2 fully saturated rings. The number of hydrogen-bond acceptors (Lipinski definition) is 7. The van der Waals surface area contributed by atoms with E-state index in [4.69, 9.17) is 9.47 Å². The Bertz CT molecular complexity index is 1010. The fourth-order valence-corrected chi connectivity index (χ4v) is 3.39. The van der Waals surface area contributed by atoms with Gasteiger partial charge in [-0.05, 0) is 61.4 Å². The minimum Gasteiger partial charge on any atom is -0.497 e. The summed E-state index contributed by atoms with van der Waals surface area (Å²) in [7, 11) is 1.53. The highest BCUT2D eigenvalue weighted by Gasteiger charge is 2.41. The van der Waals surface area contributed by atoms with Gasteiger partial charge in [-0.3, -0.25) is 14.4 Å². The van der Waals surface area contributed by atoms with Crippen LogP contribution in [-0.2, 0) is 14.3 Å². The molecule has 0 spiro atoms. The lowest BCUT2D eigenvalue weighted by atomic mass is 10.1. The maximum atomic E-state index is 12.6. The molecule has 2 amide bonds. The minimum atomic E-state index is -0.666. The van der Waals surface area contributed by atoms with Crippen molar-refractivity contribution < 1.29 is 28.7 Å². The van der Waals surface area contributed by atoms with E-state index >= 15 is 0 Å². The highest BCUT2D eigenvalue weighted by atomic mass is 16.5. The molecule has 4 rings (SSSR count). The Labute approximate surface area is 179 Å². The molecule has 1 unspecified atom stereocenters. The smallest absolute Gasteiger partial charge is 0.338 e. The summed E-state index contributed by atoms with van der Waals surface area (Å²) in [4.78, 5) is 50.5. The largest absolute Gasteiger partial charge is 0.497 e. The van der Waals surface area contributed by atoms with Crippen molar-refractivity contribution in [2.45, 2.75) is 31.3 Å². The SMILES string of the molecule is COc1ccc(C(=O)COC(=O)c2ccc(N3C(=O)CC(NC4CC4)C3=O)cc2)cc1. The lowest BCUT2D eigenvalue weighted by Crippen LogP contribution is -2.39. The zero-order valence-corrected chi connectivity index (χ0v) is 17.0. The number of hydrogen-bond donors (Lipinski definition) is 1. The van der Waals surface area contributed by atoms with Crippen molar-refractivity contribution >= 4 is 29.3 Å². The van der Waals surface area contributed by atoms with E-state index in [0.717, 1.165) is 17.7 Å². The van der Waals surface area contributed by atoms with Crippen LogP contribution in [0.1, 0.15) is 40.0 Å². The first-order chi connectivity index (χ1) is 15.0. The topological polar surface area (TPSA) is 102 Å². The molecule has 1 saturated heterocycles. The second-order valence-corrected chi connectivity index (χ2v) is 7.54. The molecule has 2 aromatic carbocycles. The molecular weight excluding hydrogens is 400 g/mol.